The van der Waals surface area contributed by atoms with Gasteiger partial charge in [-0.3, -0.25) is 0 Å². The molecule has 0 saturated carbocycles. The highest BCUT2D eigenvalue weighted by Crippen LogP contribution is 2.14. The third-order valence-corrected chi connectivity index (χ3v) is 2.64. The average Bonchev–Trinajstić information content (AvgIpc) is 2.25. The van der Waals surface area contributed by atoms with E-state index in [1.165, 1.54) is 5.56 Å². The Morgan fingerprint density at radius 3 is 2.56 bits per heavy atom. The van der Waals surface area contributed by atoms with E-state index in [1.54, 1.807) is 0 Å². The van der Waals surface area contributed by atoms with Gasteiger partial charge in [-0.1, -0.05) is 27.7 Å². The molecule has 102 valence electrons. The van der Waals surface area contributed by atoms with E-state index >= 15 is 0 Å². The molecule has 0 aromatic carbocycles. The quantitative estimate of drug-likeness (QED) is 0.805. The summed E-state index contributed by atoms with van der Waals surface area (Å²) < 4.78 is 5.83. The van der Waals surface area contributed by atoms with Crippen LogP contribution >= 0.6 is 0 Å². The van der Waals surface area contributed by atoms with Crippen molar-refractivity contribution in [2.45, 2.75) is 59.7 Å². The molecule has 1 heterocycles. The van der Waals surface area contributed by atoms with Crippen LogP contribution in [-0.4, -0.2) is 17.1 Å². The van der Waals surface area contributed by atoms with E-state index in [0.717, 1.165) is 18.8 Å². The first-order valence-corrected chi connectivity index (χ1v) is 6.82. The number of nitrogens with zero attached hydrogens (tertiary/aromatic N) is 1. The molecule has 1 unspecified atom stereocenters. The second-order valence-electron chi connectivity index (χ2n) is 5.60. The summed E-state index contributed by atoms with van der Waals surface area (Å²) in [5, 5.41) is 3.39. The molecule has 1 aromatic rings. The van der Waals surface area contributed by atoms with E-state index in [9.17, 15) is 0 Å². The second-order valence-corrected chi connectivity index (χ2v) is 5.60. The Hall–Kier alpha value is -1.09. The van der Waals surface area contributed by atoms with Gasteiger partial charge in [0.1, 0.15) is 0 Å². The minimum Gasteiger partial charge on any atom is -0.475 e. The summed E-state index contributed by atoms with van der Waals surface area (Å²) >= 11 is 0. The van der Waals surface area contributed by atoms with Crippen molar-refractivity contribution in [1.82, 2.24) is 10.3 Å². The van der Waals surface area contributed by atoms with Crippen LogP contribution in [0.15, 0.2) is 18.3 Å². The van der Waals surface area contributed by atoms with Crippen LogP contribution < -0.4 is 10.1 Å². The first kappa shape index (κ1) is 15.0. The molecule has 0 saturated heterocycles. The Bertz CT molecular complexity index is 350. The lowest BCUT2D eigenvalue weighted by Crippen LogP contribution is -2.22. The number of nitrogens with one attached hydrogen (secondary N) is 1. The Morgan fingerprint density at radius 1 is 1.22 bits per heavy atom. The third kappa shape index (κ3) is 6.01. The van der Waals surface area contributed by atoms with E-state index in [-0.39, 0.29) is 6.10 Å². The van der Waals surface area contributed by atoms with E-state index in [2.05, 4.69) is 44.9 Å². The Balaban J connectivity index is 2.53. The summed E-state index contributed by atoms with van der Waals surface area (Å²) in [6, 6.07) is 4.53. The lowest BCUT2D eigenvalue weighted by Gasteiger charge is -2.16. The van der Waals surface area contributed by atoms with Crippen LogP contribution in [0.25, 0.3) is 0 Å². The SMILES string of the molecule is CC(C)CC(C)Oc1cc(CNC(C)C)ccn1. The Morgan fingerprint density at radius 2 is 1.94 bits per heavy atom. The fourth-order valence-electron chi connectivity index (χ4n) is 1.86. The van der Waals surface area contributed by atoms with Crippen molar-refractivity contribution in [2.75, 3.05) is 0 Å². The highest BCUT2D eigenvalue weighted by Gasteiger charge is 2.08. The second kappa shape index (κ2) is 7.37. The lowest BCUT2D eigenvalue weighted by molar-refractivity contribution is 0.185. The van der Waals surface area contributed by atoms with Crippen LogP contribution in [-0.2, 0) is 6.54 Å². The smallest absolute Gasteiger partial charge is 0.213 e. The van der Waals surface area contributed by atoms with Crippen molar-refractivity contribution in [3.05, 3.63) is 23.9 Å². The minimum atomic E-state index is 0.214. The normalized spacial score (nSPS) is 13.1. The molecule has 3 nitrogen and oxygen atoms in total. The van der Waals surface area contributed by atoms with Gasteiger partial charge in [0.25, 0.3) is 0 Å². The molecule has 0 aliphatic carbocycles. The number of ether oxygens (including phenoxy) is 1. The van der Waals surface area contributed by atoms with Gasteiger partial charge in [-0.15, -0.1) is 0 Å². The van der Waals surface area contributed by atoms with Crippen molar-refractivity contribution in [1.29, 1.82) is 0 Å². The van der Waals surface area contributed by atoms with Gasteiger partial charge >= 0.3 is 0 Å². The molecule has 1 N–H and O–H groups in total. The zero-order chi connectivity index (χ0) is 13.5. The molecular weight excluding hydrogens is 224 g/mol. The standard InChI is InChI=1S/C15H26N2O/c1-11(2)8-13(5)18-15-9-14(6-7-16-15)10-17-12(3)4/h6-7,9,11-13,17H,8,10H2,1-5H3. The predicted octanol–water partition coefficient (Wildman–Crippen LogP) is 3.39. The molecule has 1 rings (SSSR count). The maximum Gasteiger partial charge on any atom is 0.213 e. The first-order valence-electron chi connectivity index (χ1n) is 6.82. The van der Waals surface area contributed by atoms with Gasteiger partial charge < -0.3 is 10.1 Å². The van der Waals surface area contributed by atoms with Crippen molar-refractivity contribution < 1.29 is 4.74 Å². The molecule has 18 heavy (non-hydrogen) atoms. The Kier molecular flexibility index (Phi) is 6.13. The highest BCUT2D eigenvalue weighted by molar-refractivity contribution is 5.20. The van der Waals surface area contributed by atoms with Crippen LogP contribution in [0.5, 0.6) is 5.88 Å². The van der Waals surface area contributed by atoms with Gasteiger partial charge in [0.15, 0.2) is 0 Å². The third-order valence-electron chi connectivity index (χ3n) is 2.64. The molecule has 1 aromatic heterocycles. The predicted molar refractivity (Wildman–Crippen MR) is 75.8 cm³/mol. The van der Waals surface area contributed by atoms with Gasteiger partial charge in [0.2, 0.25) is 5.88 Å². The Labute approximate surface area is 111 Å². The molecular formula is C15H26N2O. The number of pyridine rings is 1. The summed E-state index contributed by atoms with van der Waals surface area (Å²) in [5.41, 5.74) is 1.21. The van der Waals surface area contributed by atoms with Crippen LogP contribution in [0, 0.1) is 5.92 Å². The van der Waals surface area contributed by atoms with E-state index in [0.29, 0.717) is 12.0 Å². The number of rotatable bonds is 7. The lowest BCUT2D eigenvalue weighted by atomic mass is 10.1. The highest BCUT2D eigenvalue weighted by atomic mass is 16.5. The van der Waals surface area contributed by atoms with Gasteiger partial charge in [0.05, 0.1) is 6.10 Å². The zero-order valence-electron chi connectivity index (χ0n) is 12.2. The summed E-state index contributed by atoms with van der Waals surface area (Å²) in [6.45, 7) is 11.6. The van der Waals surface area contributed by atoms with Crippen molar-refractivity contribution >= 4 is 0 Å². The molecule has 0 spiro atoms. The molecule has 0 bridgehead atoms. The van der Waals surface area contributed by atoms with Crippen LogP contribution in [0.3, 0.4) is 0 Å². The van der Waals surface area contributed by atoms with E-state index in [4.69, 9.17) is 4.74 Å². The van der Waals surface area contributed by atoms with Crippen molar-refractivity contribution in [3.8, 4) is 5.88 Å². The monoisotopic (exact) mass is 250 g/mol. The van der Waals surface area contributed by atoms with Crippen molar-refractivity contribution in [3.63, 3.8) is 0 Å². The molecule has 0 amide bonds. The molecule has 0 radical (unpaired) electrons. The largest absolute Gasteiger partial charge is 0.475 e. The van der Waals surface area contributed by atoms with E-state index in [1.807, 2.05) is 18.3 Å². The topological polar surface area (TPSA) is 34.1 Å². The van der Waals surface area contributed by atoms with Crippen LogP contribution in [0.2, 0.25) is 0 Å². The molecule has 0 aliphatic rings. The van der Waals surface area contributed by atoms with Crippen molar-refractivity contribution in [2.24, 2.45) is 5.92 Å². The fourth-order valence-corrected chi connectivity index (χ4v) is 1.86. The summed E-state index contributed by atoms with van der Waals surface area (Å²) in [5.74, 6) is 1.37. The van der Waals surface area contributed by atoms with Gasteiger partial charge in [-0.2, -0.15) is 0 Å². The van der Waals surface area contributed by atoms with Crippen LogP contribution in [0.1, 0.15) is 46.6 Å². The number of aromatic nitrogens is 1. The number of hydrogen-bond acceptors (Lipinski definition) is 3. The summed E-state index contributed by atoms with van der Waals surface area (Å²) in [7, 11) is 0. The maximum atomic E-state index is 5.83. The first-order chi connectivity index (χ1) is 8.47. The average molecular weight is 250 g/mol. The summed E-state index contributed by atoms with van der Waals surface area (Å²) in [4.78, 5) is 4.26. The maximum absolute atomic E-state index is 5.83. The molecule has 0 aliphatic heterocycles. The van der Waals surface area contributed by atoms with Gasteiger partial charge in [-0.05, 0) is 30.9 Å². The molecule has 3 heteroatoms. The van der Waals surface area contributed by atoms with Crippen LogP contribution in [0.4, 0.5) is 0 Å². The molecule has 0 fully saturated rings. The van der Waals surface area contributed by atoms with E-state index < -0.39 is 0 Å². The summed E-state index contributed by atoms with van der Waals surface area (Å²) in [6.07, 6.45) is 3.08. The van der Waals surface area contributed by atoms with Gasteiger partial charge in [0, 0.05) is 24.8 Å². The fraction of sp³-hybridized carbons (Fsp3) is 0.667. The van der Waals surface area contributed by atoms with Gasteiger partial charge in [-0.25, -0.2) is 4.98 Å². The molecule has 1 atom stereocenters. The number of hydrogen-bond donors (Lipinski definition) is 1. The minimum absolute atomic E-state index is 0.214. The zero-order valence-corrected chi connectivity index (χ0v) is 12.2.